The SMILES string of the molecule is CN(C)C([Se])=NCCNC(=S)NCCn1cnnc1[S-].CN(C)C([Se])=NCCNC(=S)NCCn1cnnc1[S-].[Au]. The Hall–Kier alpha value is -1.18. The van der Waals surface area contributed by atoms with Crippen LogP contribution in [0.5, 0.6) is 0 Å². The van der Waals surface area contributed by atoms with Crippen molar-refractivity contribution in [1.29, 1.82) is 0 Å². The van der Waals surface area contributed by atoms with Crippen LogP contribution < -0.4 is 21.3 Å². The second-order valence-corrected chi connectivity index (χ2v) is 11.2. The summed E-state index contributed by atoms with van der Waals surface area (Å²) >= 11 is 26.1. The van der Waals surface area contributed by atoms with Crippen LogP contribution in [0.3, 0.4) is 0 Å². The standard InChI is InChI=1S/2C10H18N7S2Se.Au/c2*1-16(2)10(20)13-4-3-11-8(18)12-5-6-17-7-14-15-9(17)19;/h2*7H,3-6H2,1-2H3,(H,15,19)(H2,11,12,18);/p-2. The molecule has 0 aliphatic heterocycles. The fraction of sp³-hybridized carbons (Fsp3) is 0.600. The summed E-state index contributed by atoms with van der Waals surface area (Å²) in [6.07, 6.45) is 3.21. The van der Waals surface area contributed by atoms with Crippen LogP contribution in [0.2, 0.25) is 0 Å². The van der Waals surface area contributed by atoms with E-state index in [1.165, 1.54) is 0 Å². The van der Waals surface area contributed by atoms with E-state index < -0.39 is 0 Å². The molecule has 2 rings (SSSR count). The van der Waals surface area contributed by atoms with E-state index >= 15 is 0 Å². The summed E-state index contributed by atoms with van der Waals surface area (Å²) in [7, 11) is 7.75. The first-order valence-electron chi connectivity index (χ1n) is 11.9. The van der Waals surface area contributed by atoms with Gasteiger partial charge in [0.25, 0.3) is 0 Å². The predicted molar refractivity (Wildman–Crippen MR) is 172 cm³/mol. The average molecular weight is 954 g/mol. The van der Waals surface area contributed by atoms with Crippen molar-refractivity contribution in [1.82, 2.24) is 60.6 Å². The van der Waals surface area contributed by atoms with Crippen LogP contribution in [0.4, 0.5) is 0 Å². The third-order valence-corrected chi connectivity index (χ3v) is 7.77. The first-order chi connectivity index (χ1) is 19.0. The summed E-state index contributed by atoms with van der Waals surface area (Å²) in [6.45, 7) is 5.38. The van der Waals surface area contributed by atoms with Crippen LogP contribution in [-0.2, 0) is 60.7 Å². The van der Waals surface area contributed by atoms with E-state index in [0.717, 1.165) is 9.47 Å². The van der Waals surface area contributed by atoms with Gasteiger partial charge in [-0.1, -0.05) is 0 Å². The molecular formula is C20H34AuN14S4Se2-2. The van der Waals surface area contributed by atoms with Crippen molar-refractivity contribution >= 4 is 101 Å². The number of aromatic nitrogens is 6. The summed E-state index contributed by atoms with van der Waals surface area (Å²) < 4.78 is 5.31. The maximum absolute atomic E-state index is 5.16. The van der Waals surface area contributed by atoms with E-state index in [9.17, 15) is 0 Å². The molecule has 3 radical (unpaired) electrons. The predicted octanol–water partition coefficient (Wildman–Crippen LogP) is -2.53. The first kappa shape index (κ1) is 39.8. The van der Waals surface area contributed by atoms with Gasteiger partial charge in [-0.3, -0.25) is 0 Å². The van der Waals surface area contributed by atoms with E-state index in [1.54, 1.807) is 21.8 Å². The van der Waals surface area contributed by atoms with Crippen LogP contribution in [-0.4, -0.2) is 159 Å². The summed E-state index contributed by atoms with van der Waals surface area (Å²) in [4.78, 5) is 12.5. The third-order valence-electron chi connectivity index (χ3n) is 4.49. The molecule has 2 aromatic heterocycles. The Balaban J connectivity index is 0.000000762. The molecule has 2 heterocycles. The second-order valence-electron chi connectivity index (χ2n) is 8.10. The van der Waals surface area contributed by atoms with Crippen molar-refractivity contribution in [3.05, 3.63) is 12.7 Å². The van der Waals surface area contributed by atoms with Crippen LogP contribution in [0.1, 0.15) is 0 Å². The smallest absolute Gasteiger partial charge is 0 e. The zero-order chi connectivity index (χ0) is 29.9. The average Bonchev–Trinajstić information content (AvgIpc) is 3.51. The molecule has 0 unspecified atom stereocenters. The van der Waals surface area contributed by atoms with Gasteiger partial charge < -0.3 is 0 Å². The molecule has 2 aromatic rings. The van der Waals surface area contributed by atoms with Crippen LogP contribution in [0.25, 0.3) is 0 Å². The Bertz CT molecular complexity index is 1010. The van der Waals surface area contributed by atoms with Crippen molar-refractivity contribution in [2.75, 3.05) is 67.5 Å². The topological polar surface area (TPSA) is 141 Å². The molecule has 0 aliphatic carbocycles. The number of nitrogens with zero attached hydrogens (tertiary/aromatic N) is 10. The monoisotopic (exact) mass is 955 g/mol. The Morgan fingerprint density at radius 1 is 0.756 bits per heavy atom. The van der Waals surface area contributed by atoms with Crippen LogP contribution in [0, 0.1) is 0 Å². The number of thiocarbonyl (C=S) groups is 2. The summed E-state index contributed by atoms with van der Waals surface area (Å²) in [5.41, 5.74) is 0. The number of amidine groups is 2. The molecule has 21 heteroatoms. The third kappa shape index (κ3) is 18.9. The van der Waals surface area contributed by atoms with Gasteiger partial charge in [-0.05, 0) is 0 Å². The minimum Gasteiger partial charge on any atom is 0 e. The van der Waals surface area contributed by atoms with Gasteiger partial charge in [0.05, 0.1) is 0 Å². The van der Waals surface area contributed by atoms with Gasteiger partial charge >= 0.3 is 276 Å². The van der Waals surface area contributed by atoms with Gasteiger partial charge in [-0.15, -0.1) is 0 Å². The molecule has 233 valence electrons. The molecule has 0 saturated carbocycles. The molecule has 0 bridgehead atoms. The Labute approximate surface area is 295 Å². The fourth-order valence-electron chi connectivity index (χ4n) is 2.43. The van der Waals surface area contributed by atoms with Gasteiger partial charge in [0, 0.05) is 22.4 Å². The summed E-state index contributed by atoms with van der Waals surface area (Å²) in [5.74, 6) is 0. The van der Waals surface area contributed by atoms with E-state index in [2.05, 4.69) is 83.7 Å². The molecule has 0 saturated heterocycles. The first-order valence-corrected chi connectivity index (χ1v) is 15.3. The number of rotatable bonds is 12. The zero-order valence-electron chi connectivity index (χ0n) is 23.0. The Morgan fingerprint density at radius 2 is 1.10 bits per heavy atom. The second kappa shape index (κ2) is 23.3. The molecule has 4 N–H and O–H groups in total. The van der Waals surface area contributed by atoms with E-state index in [1.807, 2.05) is 38.0 Å². The molecular weight excluding hydrogens is 919 g/mol. The number of nitrogens with one attached hydrogen (secondary N) is 4. The van der Waals surface area contributed by atoms with Crippen molar-refractivity contribution in [2.45, 2.75) is 23.4 Å². The van der Waals surface area contributed by atoms with Crippen molar-refractivity contribution in [2.24, 2.45) is 9.98 Å². The molecule has 14 nitrogen and oxygen atoms in total. The van der Waals surface area contributed by atoms with E-state index in [0.29, 0.717) is 72.9 Å². The van der Waals surface area contributed by atoms with Gasteiger partial charge in [0.2, 0.25) is 0 Å². The number of aliphatic imine (C=N–C) groups is 2. The minimum atomic E-state index is 0. The maximum atomic E-state index is 5.16. The van der Waals surface area contributed by atoms with Gasteiger partial charge in [0.1, 0.15) is 0 Å². The Morgan fingerprint density at radius 3 is 1.39 bits per heavy atom. The van der Waals surface area contributed by atoms with Crippen molar-refractivity contribution in [3.8, 4) is 0 Å². The fourth-order valence-corrected chi connectivity index (χ4v) is 3.59. The van der Waals surface area contributed by atoms with Crippen LogP contribution >= 0.6 is 24.4 Å². The van der Waals surface area contributed by atoms with Gasteiger partial charge in [-0.25, -0.2) is 0 Å². The normalized spacial score (nSPS) is 10.9. The van der Waals surface area contributed by atoms with Crippen molar-refractivity contribution in [3.63, 3.8) is 0 Å². The summed E-state index contributed by atoms with van der Waals surface area (Å²) in [5, 5.41) is 29.4. The molecule has 0 spiro atoms. The molecule has 0 amide bonds. The molecule has 41 heavy (non-hydrogen) atoms. The summed E-state index contributed by atoms with van der Waals surface area (Å²) in [6, 6.07) is 0. The van der Waals surface area contributed by atoms with Gasteiger partial charge in [-0.2, -0.15) is 0 Å². The van der Waals surface area contributed by atoms with Gasteiger partial charge in [0.15, 0.2) is 0 Å². The molecule has 0 fully saturated rings. The quantitative estimate of drug-likeness (QED) is 0.0445. The zero-order valence-corrected chi connectivity index (χ0v) is 31.9. The Kier molecular flexibility index (Phi) is 22.6. The number of hydrogen-bond acceptors (Lipinski definition) is 10. The molecule has 0 aliphatic rings. The minimum absolute atomic E-state index is 0. The van der Waals surface area contributed by atoms with Crippen LogP contribution in [0.15, 0.2) is 33.0 Å². The number of hydrogen-bond donors (Lipinski definition) is 4. The van der Waals surface area contributed by atoms with E-state index in [-0.39, 0.29) is 22.4 Å². The molecule has 0 atom stereocenters. The molecule has 0 aromatic carbocycles. The van der Waals surface area contributed by atoms with E-state index in [4.69, 9.17) is 49.7 Å². The van der Waals surface area contributed by atoms with Crippen molar-refractivity contribution < 1.29 is 22.4 Å².